The van der Waals surface area contributed by atoms with E-state index < -0.39 is 0 Å². The summed E-state index contributed by atoms with van der Waals surface area (Å²) in [5, 5.41) is 11.1. The van der Waals surface area contributed by atoms with Crippen LogP contribution in [0.2, 0.25) is 10.0 Å². The fourth-order valence-electron chi connectivity index (χ4n) is 3.78. The van der Waals surface area contributed by atoms with Crippen LogP contribution in [0.4, 0.5) is 0 Å². The summed E-state index contributed by atoms with van der Waals surface area (Å²) in [7, 11) is 0. The molecule has 1 aromatic heterocycles. The molecular formula is C25H24Cl2N2O2S. The van der Waals surface area contributed by atoms with Crippen LogP contribution in [0, 0.1) is 0 Å². The minimum Gasteiger partial charge on any atom is -0.493 e. The second-order valence-electron chi connectivity index (χ2n) is 7.23. The largest absolute Gasteiger partial charge is 0.493 e. The number of rotatable bonds is 8. The van der Waals surface area contributed by atoms with Crippen molar-refractivity contribution in [1.82, 2.24) is 9.97 Å². The number of fused-ring (bicyclic) bond motifs is 1. The van der Waals surface area contributed by atoms with Crippen molar-refractivity contribution in [3.8, 4) is 16.9 Å². The summed E-state index contributed by atoms with van der Waals surface area (Å²) in [6.07, 6.45) is 0. The number of nitrogens with one attached hydrogen (secondary N) is 1. The molecule has 0 saturated heterocycles. The SMILES string of the molecule is CCOc1ccccc1-c1c(Cl)cc2[nH]c(C(CO)c3ccc(SCC)cc3)nc2c1Cl. The van der Waals surface area contributed by atoms with Crippen LogP contribution >= 0.6 is 35.0 Å². The molecule has 0 saturated carbocycles. The van der Waals surface area contributed by atoms with E-state index in [9.17, 15) is 5.11 Å². The number of aromatic nitrogens is 2. The third kappa shape index (κ3) is 4.48. The van der Waals surface area contributed by atoms with Gasteiger partial charge in [-0.1, -0.05) is 60.5 Å². The zero-order valence-corrected chi connectivity index (χ0v) is 20.2. The van der Waals surface area contributed by atoms with Gasteiger partial charge in [0.2, 0.25) is 0 Å². The van der Waals surface area contributed by atoms with Crippen molar-refractivity contribution >= 4 is 46.0 Å². The van der Waals surface area contributed by atoms with E-state index in [0.29, 0.717) is 39.3 Å². The average Bonchev–Trinajstić information content (AvgIpc) is 3.21. The number of halogens is 2. The van der Waals surface area contributed by atoms with E-state index in [-0.39, 0.29) is 12.5 Å². The summed E-state index contributed by atoms with van der Waals surface area (Å²) in [5.41, 5.74) is 3.83. The zero-order valence-electron chi connectivity index (χ0n) is 17.9. The van der Waals surface area contributed by atoms with Crippen LogP contribution in [0.25, 0.3) is 22.2 Å². The van der Waals surface area contributed by atoms with Crippen LogP contribution in [-0.4, -0.2) is 34.0 Å². The van der Waals surface area contributed by atoms with E-state index in [2.05, 4.69) is 24.0 Å². The normalized spacial score (nSPS) is 12.3. The van der Waals surface area contributed by atoms with Gasteiger partial charge < -0.3 is 14.8 Å². The first kappa shape index (κ1) is 23.0. The lowest BCUT2D eigenvalue weighted by atomic mass is 9.99. The maximum Gasteiger partial charge on any atom is 0.127 e. The predicted octanol–water partition coefficient (Wildman–Crippen LogP) is 7.17. The lowest BCUT2D eigenvalue weighted by Crippen LogP contribution is -2.07. The van der Waals surface area contributed by atoms with Crippen LogP contribution < -0.4 is 4.74 Å². The number of H-pyrrole nitrogens is 1. The van der Waals surface area contributed by atoms with Crippen molar-refractivity contribution < 1.29 is 9.84 Å². The second kappa shape index (κ2) is 10.2. The smallest absolute Gasteiger partial charge is 0.127 e. The lowest BCUT2D eigenvalue weighted by Gasteiger charge is -2.13. The number of benzene rings is 3. The number of para-hydroxylation sites is 1. The summed E-state index contributed by atoms with van der Waals surface area (Å²) in [6.45, 7) is 4.52. The van der Waals surface area contributed by atoms with Crippen molar-refractivity contribution in [3.63, 3.8) is 0 Å². The molecule has 4 rings (SSSR count). The second-order valence-corrected chi connectivity index (χ2v) is 9.35. The van der Waals surface area contributed by atoms with Gasteiger partial charge in [-0.2, -0.15) is 0 Å². The molecule has 0 spiro atoms. The molecule has 7 heteroatoms. The summed E-state index contributed by atoms with van der Waals surface area (Å²) in [6, 6.07) is 17.7. The van der Waals surface area contributed by atoms with E-state index >= 15 is 0 Å². The maximum absolute atomic E-state index is 10.1. The Morgan fingerprint density at radius 1 is 1.09 bits per heavy atom. The number of imidazole rings is 1. The van der Waals surface area contributed by atoms with Gasteiger partial charge >= 0.3 is 0 Å². The molecule has 0 aliphatic rings. The third-order valence-electron chi connectivity index (χ3n) is 5.25. The van der Waals surface area contributed by atoms with Gasteiger partial charge in [0.15, 0.2) is 0 Å². The van der Waals surface area contributed by atoms with Crippen molar-refractivity contribution in [3.05, 3.63) is 76.0 Å². The highest BCUT2D eigenvalue weighted by Crippen LogP contribution is 2.43. The molecule has 0 bridgehead atoms. The minimum atomic E-state index is -0.294. The first-order valence-electron chi connectivity index (χ1n) is 10.5. The van der Waals surface area contributed by atoms with Crippen molar-refractivity contribution in [2.24, 2.45) is 0 Å². The van der Waals surface area contributed by atoms with Crippen molar-refractivity contribution in [2.75, 3.05) is 19.0 Å². The van der Waals surface area contributed by atoms with Crippen LogP contribution in [0.15, 0.2) is 59.5 Å². The molecule has 3 aromatic carbocycles. The number of aliphatic hydroxyl groups is 1. The third-order valence-corrected chi connectivity index (χ3v) is 6.81. The standard InChI is InChI=1S/C25H24Cl2N2O2S/c1-3-31-21-8-6-5-7-17(21)22-19(26)13-20-24(23(22)27)29-25(28-20)18(14-30)15-9-11-16(12-10-15)32-4-2/h5-13,18,30H,3-4,14H2,1-2H3,(H,28,29). The number of ether oxygens (including phenoxy) is 1. The Kier molecular flexibility index (Phi) is 7.31. The molecule has 166 valence electrons. The Labute approximate surface area is 201 Å². The molecule has 4 aromatic rings. The monoisotopic (exact) mass is 486 g/mol. The fourth-order valence-corrected chi connectivity index (χ4v) is 5.14. The molecule has 0 aliphatic carbocycles. The number of hydrogen-bond donors (Lipinski definition) is 2. The van der Waals surface area contributed by atoms with Gasteiger partial charge in [-0.05, 0) is 42.5 Å². The van der Waals surface area contributed by atoms with Gasteiger partial charge in [0.05, 0.1) is 34.7 Å². The molecule has 1 unspecified atom stereocenters. The Hall–Kier alpha value is -2.18. The van der Waals surface area contributed by atoms with E-state index in [1.807, 2.05) is 49.4 Å². The topological polar surface area (TPSA) is 58.1 Å². The molecule has 2 N–H and O–H groups in total. The highest BCUT2D eigenvalue weighted by molar-refractivity contribution is 7.99. The molecule has 4 nitrogen and oxygen atoms in total. The number of aromatic amines is 1. The molecule has 0 amide bonds. The molecule has 0 fully saturated rings. The predicted molar refractivity (Wildman–Crippen MR) is 134 cm³/mol. The zero-order chi connectivity index (χ0) is 22.7. The van der Waals surface area contributed by atoms with Gasteiger partial charge in [0.25, 0.3) is 0 Å². The van der Waals surface area contributed by atoms with Gasteiger partial charge in [0.1, 0.15) is 17.1 Å². The summed E-state index contributed by atoms with van der Waals surface area (Å²) in [5.74, 6) is 2.08. The van der Waals surface area contributed by atoms with Gasteiger partial charge in [-0.3, -0.25) is 0 Å². The molecule has 0 radical (unpaired) electrons. The minimum absolute atomic E-state index is 0.0779. The van der Waals surface area contributed by atoms with Crippen LogP contribution in [0.5, 0.6) is 5.75 Å². The van der Waals surface area contributed by atoms with Crippen LogP contribution in [-0.2, 0) is 0 Å². The molecule has 32 heavy (non-hydrogen) atoms. The Morgan fingerprint density at radius 3 is 2.53 bits per heavy atom. The van der Waals surface area contributed by atoms with E-state index in [0.717, 1.165) is 22.4 Å². The first-order chi connectivity index (χ1) is 15.6. The van der Waals surface area contributed by atoms with E-state index in [4.69, 9.17) is 32.9 Å². The summed E-state index contributed by atoms with van der Waals surface area (Å²) < 4.78 is 5.78. The Balaban J connectivity index is 1.79. The average molecular weight is 487 g/mol. The highest BCUT2D eigenvalue weighted by Gasteiger charge is 2.22. The van der Waals surface area contributed by atoms with Crippen molar-refractivity contribution in [2.45, 2.75) is 24.7 Å². The lowest BCUT2D eigenvalue weighted by molar-refractivity contribution is 0.277. The molecular weight excluding hydrogens is 463 g/mol. The van der Waals surface area contributed by atoms with E-state index in [1.54, 1.807) is 11.8 Å². The van der Waals surface area contributed by atoms with Crippen LogP contribution in [0.3, 0.4) is 0 Å². The summed E-state index contributed by atoms with van der Waals surface area (Å²) >= 11 is 15.3. The van der Waals surface area contributed by atoms with Crippen LogP contribution in [0.1, 0.15) is 31.2 Å². The molecule has 1 atom stereocenters. The highest BCUT2D eigenvalue weighted by atomic mass is 35.5. The Morgan fingerprint density at radius 2 is 1.84 bits per heavy atom. The Bertz CT molecular complexity index is 1220. The van der Waals surface area contributed by atoms with Crippen molar-refractivity contribution in [1.29, 1.82) is 0 Å². The quantitative estimate of drug-likeness (QED) is 0.259. The number of aliphatic hydroxyl groups excluding tert-OH is 1. The summed E-state index contributed by atoms with van der Waals surface area (Å²) in [4.78, 5) is 9.28. The number of thioether (sulfide) groups is 1. The van der Waals surface area contributed by atoms with Gasteiger partial charge in [0, 0.05) is 16.0 Å². The first-order valence-corrected chi connectivity index (χ1v) is 12.2. The number of nitrogens with zero attached hydrogens (tertiary/aromatic N) is 1. The van der Waals surface area contributed by atoms with Gasteiger partial charge in [-0.25, -0.2) is 4.98 Å². The molecule has 0 aliphatic heterocycles. The van der Waals surface area contributed by atoms with E-state index in [1.165, 1.54) is 4.90 Å². The fraction of sp³-hybridized carbons (Fsp3) is 0.240. The number of hydrogen-bond acceptors (Lipinski definition) is 4. The maximum atomic E-state index is 10.1. The molecule has 1 heterocycles. The van der Waals surface area contributed by atoms with Gasteiger partial charge in [-0.15, -0.1) is 11.8 Å².